The molecule has 2 aromatic carbocycles. The summed E-state index contributed by atoms with van der Waals surface area (Å²) in [5, 5.41) is 11.6. The minimum absolute atomic E-state index is 0.0523. The predicted octanol–water partition coefficient (Wildman–Crippen LogP) is 3.73. The zero-order chi connectivity index (χ0) is 18.7. The number of ketones is 1. The van der Waals surface area contributed by atoms with E-state index in [1.165, 1.54) is 29.2 Å². The number of allylic oxidation sites excluding steroid dienone is 1. The molecule has 130 valence electrons. The van der Waals surface area contributed by atoms with E-state index in [4.69, 9.17) is 0 Å². The Morgan fingerprint density at radius 1 is 1.00 bits per heavy atom. The van der Waals surface area contributed by atoms with Crippen LogP contribution in [0.15, 0.2) is 54.6 Å². The summed E-state index contributed by atoms with van der Waals surface area (Å²) < 4.78 is 0. The van der Waals surface area contributed by atoms with Crippen LogP contribution in [0.25, 0.3) is 16.6 Å². The number of hydrogen-bond acceptors (Lipinski definition) is 5. The first-order chi connectivity index (χ1) is 13.1. The van der Waals surface area contributed by atoms with Crippen molar-refractivity contribution < 1.29 is 14.5 Å². The quantitative estimate of drug-likeness (QED) is 0.514. The second kappa shape index (κ2) is 5.31. The Morgan fingerprint density at radius 2 is 1.74 bits per heavy atom. The fourth-order valence-electron chi connectivity index (χ4n) is 3.68. The van der Waals surface area contributed by atoms with Gasteiger partial charge in [0.1, 0.15) is 5.69 Å². The van der Waals surface area contributed by atoms with E-state index in [-0.39, 0.29) is 23.8 Å². The van der Waals surface area contributed by atoms with Crippen molar-refractivity contribution in [3.63, 3.8) is 0 Å². The Labute approximate surface area is 152 Å². The molecular formula is C20H11N3O4. The molecule has 0 saturated carbocycles. The Bertz CT molecular complexity index is 1210. The molecule has 1 amide bonds. The molecule has 1 aliphatic carbocycles. The summed E-state index contributed by atoms with van der Waals surface area (Å²) >= 11 is 0. The third kappa shape index (κ3) is 2.05. The molecule has 0 N–H and O–H groups in total. The van der Waals surface area contributed by atoms with Gasteiger partial charge in [0.05, 0.1) is 21.7 Å². The van der Waals surface area contributed by atoms with E-state index >= 15 is 0 Å². The second-order valence-electron chi connectivity index (χ2n) is 6.36. The molecule has 3 aromatic rings. The number of para-hydroxylation sites is 1. The van der Waals surface area contributed by atoms with Gasteiger partial charge in [-0.1, -0.05) is 24.3 Å². The van der Waals surface area contributed by atoms with Crippen molar-refractivity contribution in [1.29, 1.82) is 0 Å². The van der Waals surface area contributed by atoms with Gasteiger partial charge in [-0.15, -0.1) is 0 Å². The number of nitro benzene ring substituents is 1. The third-order valence-electron chi connectivity index (χ3n) is 4.87. The van der Waals surface area contributed by atoms with Crippen molar-refractivity contribution in [2.24, 2.45) is 0 Å². The van der Waals surface area contributed by atoms with Crippen LogP contribution in [0.2, 0.25) is 0 Å². The van der Waals surface area contributed by atoms with Crippen molar-refractivity contribution in [2.45, 2.75) is 6.42 Å². The second-order valence-corrected chi connectivity index (χ2v) is 6.36. The number of aromatic nitrogens is 1. The SMILES string of the molecule is O=C1CC=C2c3c1nc1ccccc1c3C(=O)N2c1ccc([N+](=O)[O-])cc1. The number of pyridine rings is 1. The Kier molecular flexibility index (Phi) is 3.03. The number of rotatable bonds is 2. The molecule has 0 radical (unpaired) electrons. The van der Waals surface area contributed by atoms with Crippen LogP contribution in [0.4, 0.5) is 11.4 Å². The first kappa shape index (κ1) is 15.4. The van der Waals surface area contributed by atoms with Gasteiger partial charge < -0.3 is 0 Å². The van der Waals surface area contributed by atoms with E-state index in [1.807, 2.05) is 18.2 Å². The smallest absolute Gasteiger partial charge is 0.269 e. The molecule has 5 rings (SSSR count). The average molecular weight is 357 g/mol. The number of nitro groups is 1. The fourth-order valence-corrected chi connectivity index (χ4v) is 3.68. The van der Waals surface area contributed by atoms with Crippen LogP contribution in [0.5, 0.6) is 0 Å². The monoisotopic (exact) mass is 357 g/mol. The lowest BCUT2D eigenvalue weighted by atomic mass is 9.94. The number of fused-ring (bicyclic) bond motifs is 2. The van der Waals surface area contributed by atoms with E-state index in [0.29, 0.717) is 39.1 Å². The summed E-state index contributed by atoms with van der Waals surface area (Å²) in [6.45, 7) is 0. The zero-order valence-corrected chi connectivity index (χ0v) is 13.9. The number of non-ortho nitro benzene ring substituents is 1. The standard InChI is InChI=1S/C20H11N3O4/c24-16-10-9-15-18-17(13-3-1-2-4-14(13)21-19(16)18)20(25)22(15)11-5-7-12(8-6-11)23(26)27/h1-9H,10H2. The molecule has 2 heterocycles. The Morgan fingerprint density at radius 3 is 2.48 bits per heavy atom. The molecule has 1 aliphatic heterocycles. The van der Waals surface area contributed by atoms with Gasteiger partial charge >= 0.3 is 0 Å². The van der Waals surface area contributed by atoms with Gasteiger partial charge in [-0.2, -0.15) is 0 Å². The van der Waals surface area contributed by atoms with Crippen molar-refractivity contribution >= 4 is 39.7 Å². The molecule has 27 heavy (non-hydrogen) atoms. The molecule has 0 unspecified atom stereocenters. The predicted molar refractivity (Wildman–Crippen MR) is 98.6 cm³/mol. The number of anilines is 1. The highest BCUT2D eigenvalue weighted by Crippen LogP contribution is 2.43. The summed E-state index contributed by atoms with van der Waals surface area (Å²) in [4.78, 5) is 42.1. The van der Waals surface area contributed by atoms with Crippen LogP contribution in [0.1, 0.15) is 32.8 Å². The average Bonchev–Trinajstić information content (AvgIpc) is 2.98. The first-order valence-electron chi connectivity index (χ1n) is 8.31. The molecule has 0 spiro atoms. The fraction of sp³-hybridized carbons (Fsp3) is 0.0500. The number of hydrogen-bond donors (Lipinski definition) is 0. The maximum Gasteiger partial charge on any atom is 0.269 e. The van der Waals surface area contributed by atoms with Crippen molar-refractivity contribution in [1.82, 2.24) is 4.98 Å². The summed E-state index contributed by atoms with van der Waals surface area (Å²) in [6, 6.07) is 13.0. The highest BCUT2D eigenvalue weighted by molar-refractivity contribution is 6.30. The minimum atomic E-state index is -0.488. The largest absolute Gasteiger partial charge is 0.292 e. The van der Waals surface area contributed by atoms with E-state index in [9.17, 15) is 19.7 Å². The molecule has 7 heteroatoms. The molecular weight excluding hydrogens is 346 g/mol. The van der Waals surface area contributed by atoms with E-state index < -0.39 is 4.92 Å². The van der Waals surface area contributed by atoms with Crippen LogP contribution in [0, 0.1) is 10.1 Å². The first-order valence-corrected chi connectivity index (χ1v) is 8.31. The van der Waals surface area contributed by atoms with E-state index in [0.717, 1.165) is 0 Å². The normalized spacial score (nSPS) is 15.1. The number of nitrogens with zero attached hydrogens (tertiary/aromatic N) is 3. The highest BCUT2D eigenvalue weighted by Gasteiger charge is 2.40. The van der Waals surface area contributed by atoms with Gasteiger partial charge in [-0.25, -0.2) is 4.98 Å². The maximum absolute atomic E-state index is 13.3. The van der Waals surface area contributed by atoms with E-state index in [1.54, 1.807) is 12.1 Å². The number of Topliss-reactive ketones (excluding diaryl/α,β-unsaturated/α-hetero) is 1. The van der Waals surface area contributed by atoms with Gasteiger partial charge in [-0.05, 0) is 18.2 Å². The van der Waals surface area contributed by atoms with Gasteiger partial charge in [0.2, 0.25) is 0 Å². The number of benzene rings is 2. The van der Waals surface area contributed by atoms with Crippen LogP contribution < -0.4 is 4.90 Å². The molecule has 0 saturated heterocycles. The van der Waals surface area contributed by atoms with Crippen LogP contribution in [0.3, 0.4) is 0 Å². The lowest BCUT2D eigenvalue weighted by Crippen LogP contribution is -2.23. The third-order valence-corrected chi connectivity index (χ3v) is 4.87. The molecule has 0 bridgehead atoms. The minimum Gasteiger partial charge on any atom is -0.292 e. The lowest BCUT2D eigenvalue weighted by Gasteiger charge is -2.20. The van der Waals surface area contributed by atoms with Crippen molar-refractivity contribution in [3.05, 3.63) is 81.5 Å². The van der Waals surface area contributed by atoms with E-state index in [2.05, 4.69) is 4.98 Å². The summed E-state index contributed by atoms with van der Waals surface area (Å²) in [6.07, 6.45) is 1.88. The molecule has 1 aromatic heterocycles. The number of amides is 1. The van der Waals surface area contributed by atoms with Crippen LogP contribution in [-0.2, 0) is 0 Å². The summed E-state index contributed by atoms with van der Waals surface area (Å²) in [5.41, 5.74) is 2.97. The molecule has 7 nitrogen and oxygen atoms in total. The lowest BCUT2D eigenvalue weighted by molar-refractivity contribution is -0.384. The maximum atomic E-state index is 13.3. The summed E-state index contributed by atoms with van der Waals surface area (Å²) in [5.74, 6) is -0.390. The van der Waals surface area contributed by atoms with Crippen molar-refractivity contribution in [2.75, 3.05) is 4.90 Å². The number of carbonyl (C=O) groups is 2. The number of carbonyl (C=O) groups excluding carboxylic acids is 2. The topological polar surface area (TPSA) is 93.4 Å². The summed E-state index contributed by atoms with van der Waals surface area (Å²) in [7, 11) is 0. The molecule has 0 atom stereocenters. The Hall–Kier alpha value is -3.87. The van der Waals surface area contributed by atoms with Crippen molar-refractivity contribution in [3.8, 4) is 0 Å². The van der Waals surface area contributed by atoms with Gasteiger partial charge in [0.15, 0.2) is 5.78 Å². The van der Waals surface area contributed by atoms with Crippen LogP contribution >= 0.6 is 0 Å². The van der Waals surface area contributed by atoms with Gasteiger partial charge in [0.25, 0.3) is 11.6 Å². The molecule has 2 aliphatic rings. The van der Waals surface area contributed by atoms with Crippen LogP contribution in [-0.4, -0.2) is 21.6 Å². The highest BCUT2D eigenvalue weighted by atomic mass is 16.6. The van der Waals surface area contributed by atoms with Gasteiger partial charge in [-0.3, -0.25) is 24.6 Å². The molecule has 0 fully saturated rings. The zero-order valence-electron chi connectivity index (χ0n) is 13.9. The van der Waals surface area contributed by atoms with Gasteiger partial charge in [0, 0.05) is 35.2 Å². The Balaban J connectivity index is 1.76.